The minimum Gasteiger partial charge on any atom is -0.454 e. The fourth-order valence-corrected chi connectivity index (χ4v) is 5.50. The van der Waals surface area contributed by atoms with E-state index >= 15 is 0 Å². The molecule has 2 aliphatic heterocycles. The molecule has 7 nitrogen and oxygen atoms in total. The highest BCUT2D eigenvalue weighted by molar-refractivity contribution is 6.07. The molecule has 3 aromatic carbocycles. The lowest BCUT2D eigenvalue weighted by atomic mass is 9.86. The molecule has 0 spiro atoms. The number of fused-ring (bicyclic) bond motifs is 1. The van der Waals surface area contributed by atoms with Crippen LogP contribution in [0.5, 0.6) is 11.5 Å². The molecule has 1 unspecified atom stereocenters. The van der Waals surface area contributed by atoms with Crippen molar-refractivity contribution >= 4 is 11.9 Å². The van der Waals surface area contributed by atoms with Gasteiger partial charge >= 0.3 is 18.4 Å². The molecule has 2 heterocycles. The van der Waals surface area contributed by atoms with Crippen LogP contribution < -0.4 is 14.8 Å². The molecule has 0 bridgehead atoms. The van der Waals surface area contributed by atoms with E-state index in [1.807, 2.05) is 0 Å². The molecule has 5 rings (SSSR count). The Morgan fingerprint density at radius 2 is 1.61 bits per heavy atom. The summed E-state index contributed by atoms with van der Waals surface area (Å²) >= 11 is 0. The van der Waals surface area contributed by atoms with Gasteiger partial charge in [-0.15, -0.1) is 0 Å². The second-order valence-corrected chi connectivity index (χ2v) is 10.9. The Labute approximate surface area is 248 Å². The quantitative estimate of drug-likeness (QED) is 0.226. The van der Waals surface area contributed by atoms with Crippen molar-refractivity contribution in [1.29, 1.82) is 0 Å². The van der Waals surface area contributed by atoms with E-state index in [-0.39, 0.29) is 31.7 Å². The zero-order valence-electron chi connectivity index (χ0n) is 23.6. The number of urea groups is 1. The molecule has 0 saturated carbocycles. The average molecular weight is 623 g/mol. The number of nitrogens with one attached hydrogen (secondary N) is 1. The van der Waals surface area contributed by atoms with Gasteiger partial charge in [-0.25, -0.2) is 4.79 Å². The van der Waals surface area contributed by atoms with Crippen LogP contribution in [-0.4, -0.2) is 47.6 Å². The highest BCUT2D eigenvalue weighted by Gasteiger charge is 2.71. The molecule has 13 heteroatoms. The molecule has 44 heavy (non-hydrogen) atoms. The number of aryl methyl sites for hydroxylation is 1. The maximum absolute atomic E-state index is 13.5. The van der Waals surface area contributed by atoms with E-state index in [2.05, 4.69) is 5.32 Å². The number of amides is 3. The van der Waals surface area contributed by atoms with Crippen LogP contribution in [0.4, 0.5) is 31.1 Å². The molecule has 3 aromatic rings. The zero-order valence-corrected chi connectivity index (χ0v) is 23.6. The van der Waals surface area contributed by atoms with Crippen LogP contribution in [0.3, 0.4) is 0 Å². The zero-order chi connectivity index (χ0) is 32.1. The Morgan fingerprint density at radius 1 is 0.909 bits per heavy atom. The third kappa shape index (κ3) is 5.23. The van der Waals surface area contributed by atoms with Crippen molar-refractivity contribution in [3.63, 3.8) is 0 Å². The first-order valence-electron chi connectivity index (χ1n) is 13.7. The van der Waals surface area contributed by atoms with Crippen molar-refractivity contribution in [3.8, 4) is 22.6 Å². The summed E-state index contributed by atoms with van der Waals surface area (Å²) in [6, 6.07) is 13.6. The second-order valence-electron chi connectivity index (χ2n) is 10.9. The van der Waals surface area contributed by atoms with E-state index in [9.17, 15) is 41.0 Å². The first kappa shape index (κ1) is 31.2. The third-order valence-corrected chi connectivity index (χ3v) is 7.95. The summed E-state index contributed by atoms with van der Waals surface area (Å²) in [6.07, 6.45) is -11.2. The van der Waals surface area contributed by atoms with E-state index in [1.54, 1.807) is 56.3 Å². The van der Waals surface area contributed by atoms with Crippen molar-refractivity contribution in [2.24, 2.45) is 0 Å². The number of aliphatic hydroxyl groups is 1. The maximum Gasteiger partial charge on any atom is 0.430 e. The van der Waals surface area contributed by atoms with Crippen LogP contribution in [-0.2, 0) is 28.8 Å². The van der Waals surface area contributed by atoms with Gasteiger partial charge in [-0.05, 0) is 59.7 Å². The summed E-state index contributed by atoms with van der Waals surface area (Å²) < 4.78 is 91.7. The number of benzene rings is 3. The van der Waals surface area contributed by atoms with E-state index in [0.717, 1.165) is 17.0 Å². The Hall–Kier alpha value is -4.26. The minimum atomic E-state index is -5.99. The summed E-state index contributed by atoms with van der Waals surface area (Å²) in [5.41, 5.74) is -5.39. The number of nitrogens with zero attached hydrogens (tertiary/aromatic N) is 1. The van der Waals surface area contributed by atoms with E-state index < -0.39 is 41.0 Å². The summed E-state index contributed by atoms with van der Waals surface area (Å²) in [5.74, 6) is 0.511. The van der Waals surface area contributed by atoms with Gasteiger partial charge in [0.15, 0.2) is 11.5 Å². The lowest BCUT2D eigenvalue weighted by Crippen LogP contribution is -2.53. The van der Waals surface area contributed by atoms with Gasteiger partial charge in [0.25, 0.3) is 11.5 Å². The predicted molar refractivity (Wildman–Crippen MR) is 146 cm³/mol. The topological polar surface area (TPSA) is 88.1 Å². The van der Waals surface area contributed by atoms with Crippen LogP contribution in [0.1, 0.15) is 42.5 Å². The fourth-order valence-electron chi connectivity index (χ4n) is 5.50. The highest BCUT2D eigenvalue weighted by Crippen LogP contribution is 2.50. The first-order valence-corrected chi connectivity index (χ1v) is 13.7. The molecule has 3 amide bonds. The number of carbonyl (C=O) groups is 2. The lowest BCUT2D eigenvalue weighted by Gasteiger charge is -2.33. The normalized spacial score (nSPS) is 18.6. The standard InChI is InChI=1S/C31H28F6N2O5/c1-3-5-19-15-22(29(42,30(32,33)34)31(35,36)37)8-10-23(19)20-7-4-6-18(14-20)12-13-39-26(40)28(2,38-27(39)41)21-9-11-24-25(16-21)44-17-43-24/h4,6-11,14-16,42H,3,5,12-13,17H2,1-2H3,(H,38,41). The number of carbonyl (C=O) groups excluding carboxylic acids is 2. The van der Waals surface area contributed by atoms with Crippen LogP contribution >= 0.6 is 0 Å². The van der Waals surface area contributed by atoms with Crippen molar-refractivity contribution in [2.45, 2.75) is 56.6 Å². The smallest absolute Gasteiger partial charge is 0.430 e. The Kier molecular flexibility index (Phi) is 7.81. The number of ether oxygens (including phenoxy) is 2. The summed E-state index contributed by atoms with van der Waals surface area (Å²) in [7, 11) is 0. The third-order valence-electron chi connectivity index (χ3n) is 7.95. The second kappa shape index (κ2) is 11.0. The number of imide groups is 1. The fraction of sp³-hybridized carbons (Fsp3) is 0.355. The van der Waals surface area contributed by atoms with E-state index in [0.29, 0.717) is 46.2 Å². The molecule has 2 aliphatic rings. The summed E-state index contributed by atoms with van der Waals surface area (Å²) in [5, 5.41) is 12.6. The maximum atomic E-state index is 13.5. The molecule has 0 aromatic heterocycles. The van der Waals surface area contributed by atoms with E-state index in [4.69, 9.17) is 9.47 Å². The van der Waals surface area contributed by atoms with E-state index in [1.165, 1.54) is 0 Å². The van der Waals surface area contributed by atoms with Crippen LogP contribution in [0, 0.1) is 0 Å². The molecule has 1 atom stereocenters. The van der Waals surface area contributed by atoms with Gasteiger partial charge in [-0.3, -0.25) is 9.69 Å². The van der Waals surface area contributed by atoms with Gasteiger partial charge in [0, 0.05) is 12.1 Å². The Bertz CT molecular complexity index is 1590. The molecular weight excluding hydrogens is 594 g/mol. The van der Waals surface area contributed by atoms with Crippen LogP contribution in [0.25, 0.3) is 11.1 Å². The van der Waals surface area contributed by atoms with Crippen molar-refractivity contribution in [2.75, 3.05) is 13.3 Å². The van der Waals surface area contributed by atoms with Gasteiger partial charge in [0.05, 0.1) is 0 Å². The molecule has 0 aliphatic carbocycles. The minimum absolute atomic E-state index is 0.0131. The molecule has 234 valence electrons. The largest absolute Gasteiger partial charge is 0.454 e. The van der Waals surface area contributed by atoms with Crippen molar-refractivity contribution in [3.05, 3.63) is 82.9 Å². The van der Waals surface area contributed by atoms with Crippen molar-refractivity contribution in [1.82, 2.24) is 10.2 Å². The van der Waals surface area contributed by atoms with Gasteiger partial charge in [0.1, 0.15) is 5.54 Å². The highest BCUT2D eigenvalue weighted by atomic mass is 19.4. The molecule has 1 fully saturated rings. The summed E-state index contributed by atoms with van der Waals surface area (Å²) in [4.78, 5) is 27.3. The molecule has 1 saturated heterocycles. The first-order chi connectivity index (χ1) is 20.6. The van der Waals surface area contributed by atoms with Gasteiger partial charge in [-0.1, -0.05) is 61.9 Å². The number of hydrogen-bond donors (Lipinski definition) is 2. The number of halogens is 6. The van der Waals surface area contributed by atoms with Crippen molar-refractivity contribution < 1.29 is 50.5 Å². The molecule has 2 N–H and O–H groups in total. The van der Waals surface area contributed by atoms with Crippen LogP contribution in [0.15, 0.2) is 60.7 Å². The van der Waals surface area contributed by atoms with Gasteiger partial charge in [-0.2, -0.15) is 26.3 Å². The van der Waals surface area contributed by atoms with Gasteiger partial charge < -0.3 is 19.9 Å². The van der Waals surface area contributed by atoms with Gasteiger partial charge in [0.2, 0.25) is 6.79 Å². The average Bonchev–Trinajstić information content (AvgIpc) is 3.52. The lowest BCUT2D eigenvalue weighted by molar-refractivity contribution is -0.376. The Balaban J connectivity index is 1.38. The number of hydrogen-bond acceptors (Lipinski definition) is 5. The molecular formula is C31H28F6N2O5. The Morgan fingerprint density at radius 3 is 2.30 bits per heavy atom. The monoisotopic (exact) mass is 622 g/mol. The number of alkyl halides is 6. The molecule has 0 radical (unpaired) electrons. The number of rotatable bonds is 8. The predicted octanol–water partition coefficient (Wildman–Crippen LogP) is 6.36. The van der Waals surface area contributed by atoms with Crippen LogP contribution in [0.2, 0.25) is 0 Å². The SMILES string of the molecule is CCCc1cc(C(O)(C(F)(F)F)C(F)(F)F)ccc1-c1cccc(CCN2C(=O)NC(C)(c3ccc4c(c3)OCO4)C2=O)c1. The summed E-state index contributed by atoms with van der Waals surface area (Å²) in [6.45, 7) is 3.37.